The third kappa shape index (κ3) is 3.44. The molecule has 0 atom stereocenters. The number of methoxy groups -OCH3 is 1. The lowest BCUT2D eigenvalue weighted by Gasteiger charge is -2.13. The minimum atomic E-state index is 0.112. The largest absolute Gasteiger partial charge is 0.494 e. The fourth-order valence-electron chi connectivity index (χ4n) is 3.09. The van der Waals surface area contributed by atoms with Gasteiger partial charge in [-0.1, -0.05) is 12.1 Å². The van der Waals surface area contributed by atoms with Crippen LogP contribution < -0.4 is 10.1 Å². The molecule has 0 unspecified atom stereocenters. The predicted molar refractivity (Wildman–Crippen MR) is 110 cm³/mol. The maximum Gasteiger partial charge on any atom is 0.224 e. The molecule has 0 aliphatic rings. The number of benzene rings is 1. The van der Waals surface area contributed by atoms with Crippen molar-refractivity contribution in [1.82, 2.24) is 24.7 Å². The van der Waals surface area contributed by atoms with E-state index in [4.69, 9.17) is 21.3 Å². The second kappa shape index (κ2) is 7.37. The molecule has 3 heterocycles. The molecule has 9 heteroatoms. The highest BCUT2D eigenvalue weighted by atomic mass is 35.5. The number of nitrogens with zero attached hydrogens (tertiary/aromatic N) is 6. The van der Waals surface area contributed by atoms with Crippen molar-refractivity contribution >= 4 is 34.1 Å². The van der Waals surface area contributed by atoms with Gasteiger partial charge in [0.2, 0.25) is 5.28 Å². The number of anilines is 2. The average molecular weight is 406 g/mol. The molecular weight excluding hydrogens is 390 g/mol. The fourth-order valence-corrected chi connectivity index (χ4v) is 3.31. The lowest BCUT2D eigenvalue weighted by Crippen LogP contribution is -2.07. The Bertz CT molecular complexity index is 1260. The summed E-state index contributed by atoms with van der Waals surface area (Å²) in [5.74, 6) is 2.09. The highest BCUT2D eigenvalue weighted by Crippen LogP contribution is 2.29. The molecule has 29 heavy (non-hydrogen) atoms. The Labute approximate surface area is 171 Å². The number of ether oxygens (including phenoxy) is 1. The number of halogens is 1. The zero-order chi connectivity index (χ0) is 20.5. The highest BCUT2D eigenvalue weighted by molar-refractivity contribution is 6.28. The van der Waals surface area contributed by atoms with Crippen molar-refractivity contribution in [2.45, 2.75) is 13.8 Å². The Hall–Kier alpha value is -3.70. The topological polar surface area (TPSA) is 102 Å². The molecule has 0 aliphatic heterocycles. The van der Waals surface area contributed by atoms with E-state index in [-0.39, 0.29) is 5.28 Å². The molecule has 0 saturated heterocycles. The first-order valence-electron chi connectivity index (χ1n) is 8.71. The van der Waals surface area contributed by atoms with Crippen LogP contribution in [0.25, 0.3) is 16.7 Å². The van der Waals surface area contributed by atoms with Gasteiger partial charge in [-0.25, -0.2) is 15.0 Å². The van der Waals surface area contributed by atoms with Gasteiger partial charge in [0, 0.05) is 17.1 Å². The lowest BCUT2D eigenvalue weighted by molar-refractivity contribution is 0.419. The van der Waals surface area contributed by atoms with E-state index in [2.05, 4.69) is 26.5 Å². The van der Waals surface area contributed by atoms with E-state index in [0.29, 0.717) is 40.0 Å². The van der Waals surface area contributed by atoms with E-state index in [1.54, 1.807) is 17.9 Å². The van der Waals surface area contributed by atoms with Crippen LogP contribution in [0.4, 0.5) is 11.6 Å². The van der Waals surface area contributed by atoms with E-state index in [0.717, 1.165) is 10.9 Å². The first-order valence-corrected chi connectivity index (χ1v) is 9.09. The first kappa shape index (κ1) is 18.7. The number of aromatic nitrogens is 5. The number of para-hydroxylation sites is 1. The van der Waals surface area contributed by atoms with Gasteiger partial charge in [0.1, 0.15) is 28.7 Å². The van der Waals surface area contributed by atoms with Crippen molar-refractivity contribution in [3.63, 3.8) is 0 Å². The maximum atomic E-state index is 9.53. The van der Waals surface area contributed by atoms with Crippen LogP contribution >= 0.6 is 11.6 Å². The number of nitrogens with one attached hydrogen (secondary N) is 1. The summed E-state index contributed by atoms with van der Waals surface area (Å²) in [4.78, 5) is 12.9. The van der Waals surface area contributed by atoms with E-state index < -0.39 is 0 Å². The molecule has 4 rings (SSSR count). The number of pyridine rings is 1. The maximum absolute atomic E-state index is 9.53. The molecule has 0 fully saturated rings. The molecule has 0 amide bonds. The Morgan fingerprint density at radius 2 is 2.00 bits per heavy atom. The Morgan fingerprint density at radius 3 is 2.72 bits per heavy atom. The van der Waals surface area contributed by atoms with Gasteiger partial charge in [-0.2, -0.15) is 15.0 Å². The molecule has 0 aliphatic carbocycles. The molecule has 1 N–H and O–H groups in total. The van der Waals surface area contributed by atoms with Gasteiger partial charge in [0.25, 0.3) is 0 Å². The number of rotatable bonds is 4. The summed E-state index contributed by atoms with van der Waals surface area (Å²) in [6.45, 7) is 3.80. The van der Waals surface area contributed by atoms with Crippen molar-refractivity contribution in [2.24, 2.45) is 0 Å². The van der Waals surface area contributed by atoms with Crippen LogP contribution in [0.1, 0.15) is 16.8 Å². The van der Waals surface area contributed by atoms with Gasteiger partial charge in [-0.3, -0.25) is 0 Å². The summed E-state index contributed by atoms with van der Waals surface area (Å²) < 4.78 is 7.02. The Kier molecular flexibility index (Phi) is 4.74. The molecule has 144 valence electrons. The van der Waals surface area contributed by atoms with Crippen LogP contribution in [0.3, 0.4) is 0 Å². The zero-order valence-electron chi connectivity index (χ0n) is 15.9. The SMILES string of the molecule is COc1cccc2c(C)cc(-n3ncc(C#N)c3Nc3cc(C)nc(Cl)n3)nc12. The molecule has 1 aromatic carbocycles. The van der Waals surface area contributed by atoms with Gasteiger partial charge in [0.15, 0.2) is 11.6 Å². The van der Waals surface area contributed by atoms with Crippen LogP contribution in [-0.4, -0.2) is 31.8 Å². The molecule has 4 aromatic rings. The van der Waals surface area contributed by atoms with Crippen LogP contribution in [0.5, 0.6) is 5.75 Å². The average Bonchev–Trinajstić information content (AvgIpc) is 3.09. The fraction of sp³-hybridized carbons (Fsp3) is 0.150. The van der Waals surface area contributed by atoms with Crippen molar-refractivity contribution in [3.05, 3.63) is 58.6 Å². The zero-order valence-corrected chi connectivity index (χ0v) is 16.7. The first-order chi connectivity index (χ1) is 14.0. The van der Waals surface area contributed by atoms with Gasteiger partial charge >= 0.3 is 0 Å². The molecule has 0 radical (unpaired) electrons. The van der Waals surface area contributed by atoms with Gasteiger partial charge in [0.05, 0.1) is 13.3 Å². The van der Waals surface area contributed by atoms with Crippen molar-refractivity contribution < 1.29 is 4.74 Å². The quantitative estimate of drug-likeness (QED) is 0.510. The minimum absolute atomic E-state index is 0.112. The van der Waals surface area contributed by atoms with Crippen LogP contribution in [0, 0.1) is 25.2 Å². The number of nitriles is 1. The number of aryl methyl sites for hydroxylation is 2. The molecule has 8 nitrogen and oxygen atoms in total. The van der Waals surface area contributed by atoms with Gasteiger partial charge in [-0.05, 0) is 43.1 Å². The summed E-state index contributed by atoms with van der Waals surface area (Å²) in [7, 11) is 1.61. The number of hydrogen-bond donors (Lipinski definition) is 1. The molecule has 0 bridgehead atoms. The van der Waals surface area contributed by atoms with Gasteiger partial charge < -0.3 is 10.1 Å². The van der Waals surface area contributed by atoms with Crippen molar-refractivity contribution in [2.75, 3.05) is 12.4 Å². The normalized spacial score (nSPS) is 10.7. The Balaban J connectivity index is 1.88. The monoisotopic (exact) mass is 405 g/mol. The van der Waals surface area contributed by atoms with Gasteiger partial charge in [-0.15, -0.1) is 0 Å². The van der Waals surface area contributed by atoms with Crippen molar-refractivity contribution in [1.29, 1.82) is 5.26 Å². The van der Waals surface area contributed by atoms with E-state index in [9.17, 15) is 5.26 Å². The van der Waals surface area contributed by atoms with E-state index in [1.165, 1.54) is 6.20 Å². The van der Waals surface area contributed by atoms with Crippen LogP contribution in [0.15, 0.2) is 36.5 Å². The Morgan fingerprint density at radius 1 is 1.17 bits per heavy atom. The lowest BCUT2D eigenvalue weighted by atomic mass is 10.1. The standard InChI is InChI=1S/C20H16ClN7O/c1-11-7-17(27-18-14(11)5-4-6-15(18)29-3)28-19(13(9-22)10-23-28)25-16-8-12(2)24-20(21)26-16/h4-8,10H,1-3H3,(H,24,25,26). The number of hydrogen-bond acceptors (Lipinski definition) is 7. The molecule has 0 spiro atoms. The predicted octanol–water partition coefficient (Wildman–Crippen LogP) is 4.10. The summed E-state index contributed by atoms with van der Waals surface area (Å²) in [5.41, 5.74) is 2.76. The molecule has 0 saturated carbocycles. The third-order valence-electron chi connectivity index (χ3n) is 4.40. The van der Waals surface area contributed by atoms with E-state index >= 15 is 0 Å². The smallest absolute Gasteiger partial charge is 0.224 e. The number of fused-ring (bicyclic) bond motifs is 1. The second-order valence-corrected chi connectivity index (χ2v) is 6.71. The molecule has 3 aromatic heterocycles. The van der Waals surface area contributed by atoms with Crippen molar-refractivity contribution in [3.8, 4) is 17.6 Å². The molecular formula is C20H16ClN7O. The summed E-state index contributed by atoms with van der Waals surface area (Å²) in [6.07, 6.45) is 1.47. The van der Waals surface area contributed by atoms with Crippen LogP contribution in [-0.2, 0) is 0 Å². The second-order valence-electron chi connectivity index (χ2n) is 6.37. The summed E-state index contributed by atoms with van der Waals surface area (Å²) in [5, 5.41) is 18.1. The van der Waals surface area contributed by atoms with Crippen LogP contribution in [0.2, 0.25) is 5.28 Å². The highest BCUT2D eigenvalue weighted by Gasteiger charge is 2.17. The minimum Gasteiger partial charge on any atom is -0.494 e. The third-order valence-corrected chi connectivity index (χ3v) is 4.56. The summed E-state index contributed by atoms with van der Waals surface area (Å²) >= 11 is 5.96. The summed E-state index contributed by atoms with van der Waals surface area (Å²) in [6, 6.07) is 11.5. The van der Waals surface area contributed by atoms with E-state index in [1.807, 2.05) is 38.1 Å².